The lowest BCUT2D eigenvalue weighted by Crippen LogP contribution is -2.48. The summed E-state index contributed by atoms with van der Waals surface area (Å²) in [5, 5.41) is 4.28. The Morgan fingerprint density at radius 2 is 1.91 bits per heavy atom. The highest BCUT2D eigenvalue weighted by Gasteiger charge is 2.31. The van der Waals surface area contributed by atoms with Crippen LogP contribution in [0.15, 0.2) is 53.2 Å². The number of likely N-dealkylation sites (tertiary alicyclic amines) is 1. The quantitative estimate of drug-likeness (QED) is 0.613. The molecule has 2 fully saturated rings. The van der Waals surface area contributed by atoms with Crippen molar-refractivity contribution < 1.29 is 9.32 Å². The first-order valence-electron chi connectivity index (χ1n) is 11.3. The van der Waals surface area contributed by atoms with Crippen molar-refractivity contribution >= 4 is 11.7 Å². The molecule has 2 saturated heterocycles. The van der Waals surface area contributed by atoms with Gasteiger partial charge in [0.25, 0.3) is 0 Å². The number of carbonyl (C=O) groups is 1. The van der Waals surface area contributed by atoms with Crippen molar-refractivity contribution in [2.45, 2.75) is 32.4 Å². The first kappa shape index (κ1) is 20.6. The maximum Gasteiger partial charge on any atom is 0.244 e. The van der Waals surface area contributed by atoms with Crippen molar-refractivity contribution in [3.63, 3.8) is 0 Å². The van der Waals surface area contributed by atoms with E-state index in [2.05, 4.69) is 44.2 Å². The lowest BCUT2D eigenvalue weighted by atomic mass is 10.2. The summed E-state index contributed by atoms with van der Waals surface area (Å²) in [4.78, 5) is 27.3. The number of aromatic nitrogens is 3. The number of piperazine rings is 1. The summed E-state index contributed by atoms with van der Waals surface area (Å²) in [6.07, 6.45) is 3.94. The molecule has 1 amide bonds. The van der Waals surface area contributed by atoms with Crippen molar-refractivity contribution in [1.82, 2.24) is 24.9 Å². The highest BCUT2D eigenvalue weighted by molar-refractivity contribution is 5.73. The molecule has 1 aromatic carbocycles. The van der Waals surface area contributed by atoms with Crippen molar-refractivity contribution in [3.8, 4) is 11.4 Å². The van der Waals surface area contributed by atoms with E-state index in [0.29, 0.717) is 24.8 Å². The molecule has 4 heterocycles. The molecule has 0 N–H and O–H groups in total. The Hall–Kier alpha value is -3.26. The van der Waals surface area contributed by atoms with Crippen LogP contribution >= 0.6 is 0 Å². The van der Waals surface area contributed by atoms with Crippen molar-refractivity contribution in [2.24, 2.45) is 0 Å². The predicted molar refractivity (Wildman–Crippen MR) is 121 cm³/mol. The molecule has 2 aliphatic heterocycles. The highest BCUT2D eigenvalue weighted by atomic mass is 16.5. The molecular formula is C24H28N6O2. The predicted octanol–water partition coefficient (Wildman–Crippen LogP) is 3.14. The third-order valence-electron chi connectivity index (χ3n) is 6.37. The van der Waals surface area contributed by atoms with Crippen LogP contribution in [0.4, 0.5) is 5.82 Å². The Labute approximate surface area is 187 Å². The van der Waals surface area contributed by atoms with Crippen LogP contribution in [0.1, 0.15) is 37.3 Å². The van der Waals surface area contributed by atoms with E-state index in [1.54, 1.807) is 13.1 Å². The molecule has 3 aromatic rings. The number of amides is 1. The van der Waals surface area contributed by atoms with Crippen molar-refractivity contribution in [1.29, 1.82) is 0 Å². The van der Waals surface area contributed by atoms with Crippen LogP contribution in [0.2, 0.25) is 0 Å². The van der Waals surface area contributed by atoms with Gasteiger partial charge in [0.1, 0.15) is 5.82 Å². The Balaban J connectivity index is 1.29. The Kier molecular flexibility index (Phi) is 5.85. The van der Waals surface area contributed by atoms with Gasteiger partial charge in [-0.15, -0.1) is 0 Å². The van der Waals surface area contributed by atoms with Gasteiger partial charge >= 0.3 is 0 Å². The van der Waals surface area contributed by atoms with Crippen molar-refractivity contribution in [3.05, 3.63) is 60.1 Å². The number of hydrogen-bond acceptors (Lipinski definition) is 7. The van der Waals surface area contributed by atoms with Gasteiger partial charge in [-0.05, 0) is 37.1 Å². The standard InChI is InChI=1S/C24H28N6O2/c1-18(31)28-12-14-29(15-13-28)22-16-20(9-10-25-22)23-26-24(32-27-23)21-8-5-11-30(21)17-19-6-3-2-4-7-19/h2-4,6-7,9-10,16,21H,5,8,11-15,17H2,1H3. The molecule has 2 aliphatic rings. The molecule has 1 unspecified atom stereocenters. The van der Waals surface area contributed by atoms with Crippen LogP contribution in [0.5, 0.6) is 0 Å². The van der Waals surface area contributed by atoms with E-state index in [0.717, 1.165) is 50.4 Å². The van der Waals surface area contributed by atoms with Crippen LogP contribution in [-0.4, -0.2) is 63.6 Å². The van der Waals surface area contributed by atoms with Crippen LogP contribution < -0.4 is 4.90 Å². The van der Waals surface area contributed by atoms with Gasteiger partial charge in [-0.25, -0.2) is 4.98 Å². The molecular weight excluding hydrogens is 404 g/mol. The highest BCUT2D eigenvalue weighted by Crippen LogP contribution is 2.33. The second-order valence-electron chi connectivity index (χ2n) is 8.47. The van der Waals surface area contributed by atoms with Crippen LogP contribution in [0, 0.1) is 0 Å². The van der Waals surface area contributed by atoms with Gasteiger partial charge < -0.3 is 14.3 Å². The van der Waals surface area contributed by atoms with E-state index in [1.165, 1.54) is 5.56 Å². The number of hydrogen-bond donors (Lipinski definition) is 0. The van der Waals surface area contributed by atoms with Crippen molar-refractivity contribution in [2.75, 3.05) is 37.6 Å². The normalized spacial score (nSPS) is 19.5. The number of nitrogens with zero attached hydrogens (tertiary/aromatic N) is 6. The molecule has 32 heavy (non-hydrogen) atoms. The molecule has 0 aliphatic carbocycles. The molecule has 0 saturated carbocycles. The van der Waals surface area contributed by atoms with E-state index >= 15 is 0 Å². The van der Waals surface area contributed by atoms with Gasteiger partial charge in [-0.2, -0.15) is 4.98 Å². The summed E-state index contributed by atoms with van der Waals surface area (Å²) in [7, 11) is 0. The number of pyridine rings is 1. The molecule has 0 bridgehead atoms. The van der Waals surface area contributed by atoms with E-state index in [1.807, 2.05) is 23.1 Å². The number of rotatable bonds is 5. The second kappa shape index (κ2) is 9.08. The topological polar surface area (TPSA) is 78.6 Å². The second-order valence-corrected chi connectivity index (χ2v) is 8.47. The molecule has 2 aromatic heterocycles. The first-order chi connectivity index (χ1) is 15.7. The van der Waals surface area contributed by atoms with Crippen LogP contribution in [0.3, 0.4) is 0 Å². The Bertz CT molecular complexity index is 1060. The molecule has 166 valence electrons. The SMILES string of the molecule is CC(=O)N1CCN(c2cc(-c3noc(C4CCCN4Cc4ccccc4)n3)ccn2)CC1. The van der Waals surface area contributed by atoms with Crippen LogP contribution in [-0.2, 0) is 11.3 Å². The van der Waals surface area contributed by atoms with E-state index in [4.69, 9.17) is 9.51 Å². The fraction of sp³-hybridized carbons (Fsp3) is 0.417. The molecule has 1 atom stereocenters. The van der Waals surface area contributed by atoms with Gasteiger partial charge in [0, 0.05) is 51.4 Å². The fourth-order valence-corrected chi connectivity index (χ4v) is 4.58. The lowest BCUT2D eigenvalue weighted by molar-refractivity contribution is -0.129. The average molecular weight is 433 g/mol. The smallest absolute Gasteiger partial charge is 0.244 e. The summed E-state index contributed by atoms with van der Waals surface area (Å²) in [5.74, 6) is 2.28. The first-order valence-corrected chi connectivity index (χ1v) is 11.3. The Morgan fingerprint density at radius 3 is 2.69 bits per heavy atom. The van der Waals surface area contributed by atoms with Crippen LogP contribution in [0.25, 0.3) is 11.4 Å². The molecule has 8 heteroatoms. The van der Waals surface area contributed by atoms with E-state index in [9.17, 15) is 4.79 Å². The summed E-state index contributed by atoms with van der Waals surface area (Å²) in [5.41, 5.74) is 2.19. The van der Waals surface area contributed by atoms with Gasteiger partial charge in [0.2, 0.25) is 17.6 Å². The maximum atomic E-state index is 11.6. The summed E-state index contributed by atoms with van der Waals surface area (Å²) in [6, 6.07) is 14.6. The lowest BCUT2D eigenvalue weighted by Gasteiger charge is -2.34. The number of benzene rings is 1. The third kappa shape index (κ3) is 4.36. The molecule has 0 spiro atoms. The molecule has 5 rings (SSSR count). The van der Waals surface area contributed by atoms with Gasteiger partial charge in [-0.3, -0.25) is 9.69 Å². The largest absolute Gasteiger partial charge is 0.353 e. The van der Waals surface area contributed by atoms with E-state index < -0.39 is 0 Å². The number of carbonyl (C=O) groups excluding carboxylic acids is 1. The zero-order chi connectivity index (χ0) is 21.9. The third-order valence-corrected chi connectivity index (χ3v) is 6.37. The molecule has 0 radical (unpaired) electrons. The molecule has 8 nitrogen and oxygen atoms in total. The minimum absolute atomic E-state index is 0.124. The Morgan fingerprint density at radius 1 is 1.09 bits per heavy atom. The summed E-state index contributed by atoms with van der Waals surface area (Å²) in [6.45, 7) is 6.50. The summed E-state index contributed by atoms with van der Waals surface area (Å²) >= 11 is 0. The number of anilines is 1. The minimum Gasteiger partial charge on any atom is -0.353 e. The summed E-state index contributed by atoms with van der Waals surface area (Å²) < 4.78 is 5.72. The van der Waals surface area contributed by atoms with Gasteiger partial charge in [0.05, 0.1) is 6.04 Å². The van der Waals surface area contributed by atoms with E-state index in [-0.39, 0.29) is 11.9 Å². The van der Waals surface area contributed by atoms with Gasteiger partial charge in [0.15, 0.2) is 0 Å². The average Bonchev–Trinajstić information content (AvgIpc) is 3.49. The monoisotopic (exact) mass is 432 g/mol. The van der Waals surface area contributed by atoms with Gasteiger partial charge in [-0.1, -0.05) is 35.5 Å². The fourth-order valence-electron chi connectivity index (χ4n) is 4.58. The maximum absolute atomic E-state index is 11.6. The zero-order valence-corrected chi connectivity index (χ0v) is 18.4. The zero-order valence-electron chi connectivity index (χ0n) is 18.4. The minimum atomic E-state index is 0.124.